The molecule has 1 unspecified atom stereocenters. The molecule has 0 amide bonds. The van der Waals surface area contributed by atoms with Gasteiger partial charge < -0.3 is 9.84 Å². The molecule has 2 aromatic carbocycles. The minimum absolute atomic E-state index is 0.0970. The average Bonchev–Trinajstić information content (AvgIpc) is 2.38. The minimum atomic E-state index is -1.53. The molecule has 1 N–H and O–H groups in total. The molecule has 2 nitrogen and oxygen atoms in total. The molecule has 0 bridgehead atoms. The quantitative estimate of drug-likeness (QED) is 0.928. The van der Waals surface area contributed by atoms with E-state index in [-0.39, 0.29) is 5.56 Å². The van der Waals surface area contributed by atoms with Crippen molar-refractivity contribution in [3.05, 3.63) is 64.4 Å². The van der Waals surface area contributed by atoms with Crippen LogP contribution in [0.4, 0.5) is 4.39 Å². The largest absolute Gasteiger partial charge is 0.496 e. The lowest BCUT2D eigenvalue weighted by Crippen LogP contribution is -2.25. The van der Waals surface area contributed by atoms with E-state index >= 15 is 0 Å². The Balaban J connectivity index is 2.62. The second-order valence-electron chi connectivity index (χ2n) is 4.40. The molecule has 0 aliphatic rings. The van der Waals surface area contributed by atoms with Gasteiger partial charge in [0.05, 0.1) is 12.7 Å². The highest BCUT2D eigenvalue weighted by molar-refractivity contribution is 6.30. The first-order valence-electron chi connectivity index (χ1n) is 5.78. The van der Waals surface area contributed by atoms with E-state index in [1.807, 2.05) is 0 Å². The average molecular weight is 281 g/mol. The molecular formula is C15H14ClFO2. The van der Waals surface area contributed by atoms with Crippen molar-refractivity contribution in [2.75, 3.05) is 7.11 Å². The third kappa shape index (κ3) is 2.57. The summed E-state index contributed by atoms with van der Waals surface area (Å²) in [4.78, 5) is 0. The van der Waals surface area contributed by atoms with E-state index in [4.69, 9.17) is 16.3 Å². The summed E-state index contributed by atoms with van der Waals surface area (Å²) < 4.78 is 19.2. The SMILES string of the molecule is COc1cccc(F)c1C(C)(O)c1cccc(Cl)c1. The smallest absolute Gasteiger partial charge is 0.133 e. The lowest BCUT2D eigenvalue weighted by Gasteiger charge is -2.26. The van der Waals surface area contributed by atoms with Crippen molar-refractivity contribution >= 4 is 11.6 Å². The molecule has 0 aliphatic carbocycles. The van der Waals surface area contributed by atoms with Crippen LogP contribution in [0.1, 0.15) is 18.1 Å². The Morgan fingerprint density at radius 1 is 1.21 bits per heavy atom. The zero-order valence-electron chi connectivity index (χ0n) is 10.7. The molecule has 0 saturated heterocycles. The maximum atomic E-state index is 14.0. The van der Waals surface area contributed by atoms with Gasteiger partial charge in [0.15, 0.2) is 0 Å². The molecule has 4 heteroatoms. The van der Waals surface area contributed by atoms with E-state index in [2.05, 4.69) is 0 Å². The van der Waals surface area contributed by atoms with Crippen LogP contribution >= 0.6 is 11.6 Å². The number of halogens is 2. The Labute approximate surface area is 116 Å². The van der Waals surface area contributed by atoms with Crippen molar-refractivity contribution in [3.63, 3.8) is 0 Å². The molecule has 19 heavy (non-hydrogen) atoms. The number of benzene rings is 2. The van der Waals surface area contributed by atoms with E-state index in [9.17, 15) is 9.50 Å². The molecule has 2 aromatic rings. The van der Waals surface area contributed by atoms with Gasteiger partial charge in [-0.1, -0.05) is 29.8 Å². The van der Waals surface area contributed by atoms with Crippen LogP contribution in [0.3, 0.4) is 0 Å². The number of rotatable bonds is 3. The molecule has 0 fully saturated rings. The Bertz CT molecular complexity index is 596. The van der Waals surface area contributed by atoms with Gasteiger partial charge in [0, 0.05) is 5.02 Å². The summed E-state index contributed by atoms with van der Waals surface area (Å²) in [5, 5.41) is 11.2. The lowest BCUT2D eigenvalue weighted by atomic mass is 9.87. The molecular weight excluding hydrogens is 267 g/mol. The summed E-state index contributed by atoms with van der Waals surface area (Å²) in [5.74, 6) is -0.227. The number of methoxy groups -OCH3 is 1. The van der Waals surface area contributed by atoms with Gasteiger partial charge in [-0.05, 0) is 36.8 Å². The van der Waals surface area contributed by atoms with Crippen molar-refractivity contribution in [2.45, 2.75) is 12.5 Å². The van der Waals surface area contributed by atoms with Crippen LogP contribution in [-0.2, 0) is 5.60 Å². The van der Waals surface area contributed by atoms with Crippen molar-refractivity contribution in [1.82, 2.24) is 0 Å². The van der Waals surface area contributed by atoms with E-state index in [1.165, 1.54) is 26.2 Å². The van der Waals surface area contributed by atoms with Crippen LogP contribution in [-0.4, -0.2) is 12.2 Å². The van der Waals surface area contributed by atoms with Gasteiger partial charge in [-0.2, -0.15) is 0 Å². The summed E-state index contributed by atoms with van der Waals surface area (Å²) >= 11 is 5.92. The number of ether oxygens (including phenoxy) is 1. The fourth-order valence-electron chi connectivity index (χ4n) is 2.08. The highest BCUT2D eigenvalue weighted by atomic mass is 35.5. The van der Waals surface area contributed by atoms with E-state index in [0.717, 1.165) is 0 Å². The zero-order valence-corrected chi connectivity index (χ0v) is 11.4. The number of aliphatic hydroxyl groups is 1. The van der Waals surface area contributed by atoms with Crippen LogP contribution < -0.4 is 4.74 Å². The van der Waals surface area contributed by atoms with Gasteiger partial charge in [-0.25, -0.2) is 4.39 Å². The Hall–Kier alpha value is -1.58. The first-order valence-corrected chi connectivity index (χ1v) is 6.16. The third-order valence-electron chi connectivity index (χ3n) is 3.07. The molecule has 0 saturated carbocycles. The normalized spacial score (nSPS) is 13.9. The highest BCUT2D eigenvalue weighted by Crippen LogP contribution is 2.37. The van der Waals surface area contributed by atoms with Gasteiger partial charge in [0.1, 0.15) is 17.2 Å². The third-order valence-corrected chi connectivity index (χ3v) is 3.30. The summed E-state index contributed by atoms with van der Waals surface area (Å²) in [5.41, 5.74) is -0.926. The van der Waals surface area contributed by atoms with E-state index in [0.29, 0.717) is 16.3 Å². The van der Waals surface area contributed by atoms with E-state index in [1.54, 1.807) is 30.3 Å². The topological polar surface area (TPSA) is 29.5 Å². The maximum absolute atomic E-state index is 14.0. The van der Waals surface area contributed by atoms with Crippen LogP contribution in [0.25, 0.3) is 0 Å². The van der Waals surface area contributed by atoms with Crippen LogP contribution in [0, 0.1) is 5.82 Å². The Morgan fingerprint density at radius 3 is 2.53 bits per heavy atom. The highest BCUT2D eigenvalue weighted by Gasteiger charge is 2.32. The Morgan fingerprint density at radius 2 is 1.89 bits per heavy atom. The maximum Gasteiger partial charge on any atom is 0.133 e. The number of hydrogen-bond donors (Lipinski definition) is 1. The summed E-state index contributed by atoms with van der Waals surface area (Å²) in [6.45, 7) is 1.51. The molecule has 0 heterocycles. The van der Waals surface area contributed by atoms with E-state index < -0.39 is 11.4 Å². The predicted molar refractivity (Wildman–Crippen MR) is 73.1 cm³/mol. The van der Waals surface area contributed by atoms with Gasteiger partial charge in [0.25, 0.3) is 0 Å². The van der Waals surface area contributed by atoms with Crippen molar-refractivity contribution in [2.24, 2.45) is 0 Å². The summed E-state index contributed by atoms with van der Waals surface area (Å²) in [6, 6.07) is 11.1. The lowest BCUT2D eigenvalue weighted by molar-refractivity contribution is 0.0945. The van der Waals surface area contributed by atoms with Crippen molar-refractivity contribution in [1.29, 1.82) is 0 Å². The second-order valence-corrected chi connectivity index (χ2v) is 4.84. The van der Waals surface area contributed by atoms with Crippen molar-refractivity contribution in [3.8, 4) is 5.75 Å². The second kappa shape index (κ2) is 5.19. The van der Waals surface area contributed by atoms with Gasteiger partial charge in [-0.15, -0.1) is 0 Å². The zero-order chi connectivity index (χ0) is 14.0. The molecule has 1 atom stereocenters. The van der Waals surface area contributed by atoms with Crippen LogP contribution in [0.15, 0.2) is 42.5 Å². The summed E-state index contributed by atoms with van der Waals surface area (Å²) in [6.07, 6.45) is 0. The Kier molecular flexibility index (Phi) is 3.78. The fourth-order valence-corrected chi connectivity index (χ4v) is 2.27. The van der Waals surface area contributed by atoms with Gasteiger partial charge in [-0.3, -0.25) is 0 Å². The minimum Gasteiger partial charge on any atom is -0.496 e. The predicted octanol–water partition coefficient (Wildman–Crippen LogP) is 3.74. The van der Waals surface area contributed by atoms with Crippen LogP contribution in [0.2, 0.25) is 5.02 Å². The van der Waals surface area contributed by atoms with Crippen LogP contribution in [0.5, 0.6) is 5.75 Å². The van der Waals surface area contributed by atoms with Gasteiger partial charge in [0.2, 0.25) is 0 Å². The van der Waals surface area contributed by atoms with Gasteiger partial charge >= 0.3 is 0 Å². The molecule has 100 valence electrons. The number of hydrogen-bond acceptors (Lipinski definition) is 2. The molecule has 0 aliphatic heterocycles. The molecule has 0 radical (unpaired) electrons. The summed E-state index contributed by atoms with van der Waals surface area (Å²) in [7, 11) is 1.44. The van der Waals surface area contributed by atoms with Crippen molar-refractivity contribution < 1.29 is 14.2 Å². The standard InChI is InChI=1S/C15H14ClFO2/c1-15(18,10-5-3-6-11(16)9-10)14-12(17)7-4-8-13(14)19-2/h3-9,18H,1-2H3. The first-order chi connectivity index (χ1) is 8.96. The monoisotopic (exact) mass is 280 g/mol. The molecule has 0 aromatic heterocycles. The fraction of sp³-hybridized carbons (Fsp3) is 0.200. The molecule has 0 spiro atoms. The first kappa shape index (κ1) is 13.8. The molecule has 2 rings (SSSR count).